The number of carbonyl (C=O) groups excluding carboxylic acids is 1. The first kappa shape index (κ1) is 18.2. The summed E-state index contributed by atoms with van der Waals surface area (Å²) in [6.45, 7) is 3.14. The average Bonchev–Trinajstić information content (AvgIpc) is 3.34. The molecule has 27 heavy (non-hydrogen) atoms. The highest BCUT2D eigenvalue weighted by molar-refractivity contribution is 7.89. The fraction of sp³-hybridized carbons (Fsp3) is 0.474. The molecule has 0 unspecified atom stereocenters. The predicted octanol–water partition coefficient (Wildman–Crippen LogP) is 2.08. The largest absolute Gasteiger partial charge is 0.324 e. The number of nitrogens with one attached hydrogen (secondary N) is 3. The first-order chi connectivity index (χ1) is 12.8. The number of H-pyrrole nitrogens is 1. The Morgan fingerprint density at radius 3 is 2.30 bits per heavy atom. The van der Waals surface area contributed by atoms with Crippen molar-refractivity contribution in [1.82, 2.24) is 14.9 Å². The van der Waals surface area contributed by atoms with Crippen LogP contribution in [0.2, 0.25) is 0 Å². The van der Waals surface area contributed by atoms with E-state index in [4.69, 9.17) is 0 Å². The van der Waals surface area contributed by atoms with E-state index in [-0.39, 0.29) is 10.9 Å². The molecule has 0 fully saturated rings. The van der Waals surface area contributed by atoms with E-state index in [0.29, 0.717) is 0 Å². The molecule has 0 saturated heterocycles. The second-order valence-electron chi connectivity index (χ2n) is 7.84. The molecule has 1 aromatic carbocycles. The lowest BCUT2D eigenvalue weighted by Crippen LogP contribution is -2.52. The number of anilines is 1. The molecule has 0 spiro atoms. The van der Waals surface area contributed by atoms with Gasteiger partial charge in [0.05, 0.1) is 6.20 Å². The molecule has 1 heterocycles. The van der Waals surface area contributed by atoms with Gasteiger partial charge in [-0.1, -0.05) is 6.07 Å². The summed E-state index contributed by atoms with van der Waals surface area (Å²) in [4.78, 5) is 13.0. The van der Waals surface area contributed by atoms with Crippen LogP contribution in [0.3, 0.4) is 0 Å². The smallest absolute Gasteiger partial charge is 0.258 e. The van der Waals surface area contributed by atoms with Gasteiger partial charge in [-0.3, -0.25) is 9.89 Å². The van der Waals surface area contributed by atoms with Gasteiger partial charge in [0.25, 0.3) is 10.0 Å². The number of carbonyl (C=O) groups is 1. The summed E-state index contributed by atoms with van der Waals surface area (Å²) in [5.74, 6) is -0.361. The van der Waals surface area contributed by atoms with E-state index < -0.39 is 15.6 Å². The number of fused-ring (bicyclic) bond motifs is 2. The third-order valence-electron chi connectivity index (χ3n) is 5.43. The van der Waals surface area contributed by atoms with Gasteiger partial charge in [0.2, 0.25) is 5.91 Å². The highest BCUT2D eigenvalue weighted by Crippen LogP contribution is 2.38. The number of sulfonamides is 1. The van der Waals surface area contributed by atoms with Crippen molar-refractivity contribution in [2.45, 2.75) is 62.9 Å². The van der Waals surface area contributed by atoms with Gasteiger partial charge in [-0.05, 0) is 80.7 Å². The summed E-state index contributed by atoms with van der Waals surface area (Å²) in [6, 6.07) is 3.65. The zero-order valence-electron chi connectivity index (χ0n) is 15.6. The monoisotopic (exact) mass is 388 g/mol. The molecule has 7 nitrogen and oxygen atoms in total. The Labute approximate surface area is 159 Å². The number of amides is 1. The van der Waals surface area contributed by atoms with Crippen molar-refractivity contribution >= 4 is 21.6 Å². The molecule has 2 aliphatic carbocycles. The predicted molar refractivity (Wildman–Crippen MR) is 102 cm³/mol. The minimum absolute atomic E-state index is 0.0649. The van der Waals surface area contributed by atoms with Gasteiger partial charge in [-0.15, -0.1) is 0 Å². The minimum atomic E-state index is -3.86. The number of aryl methyl sites for hydroxylation is 2. The van der Waals surface area contributed by atoms with Gasteiger partial charge in [-0.25, -0.2) is 8.42 Å². The van der Waals surface area contributed by atoms with E-state index in [1.807, 2.05) is 0 Å². The molecule has 1 aromatic heterocycles. The average molecular weight is 388 g/mol. The molecule has 2 aliphatic rings. The van der Waals surface area contributed by atoms with Crippen LogP contribution in [0.5, 0.6) is 0 Å². The molecule has 1 amide bonds. The van der Waals surface area contributed by atoms with Crippen LogP contribution in [0, 0.1) is 0 Å². The third-order valence-corrected chi connectivity index (χ3v) is 7.02. The maximum Gasteiger partial charge on any atom is 0.258 e. The standard InChI is InChI=1S/C19H24N4O3S/c1-19(2,23-27(25,26)16-9-10-20-22-16)18(24)21-17-14-7-3-5-12(14)11-13-6-4-8-15(13)17/h9-11,23H,3-8H2,1-2H3,(H,20,22)(H,21,24). The molecule has 0 aliphatic heterocycles. The molecule has 0 bridgehead atoms. The van der Waals surface area contributed by atoms with Crippen LogP contribution < -0.4 is 10.0 Å². The second kappa shape index (κ2) is 6.45. The van der Waals surface area contributed by atoms with Gasteiger partial charge < -0.3 is 5.32 Å². The van der Waals surface area contributed by atoms with Gasteiger partial charge in [0.1, 0.15) is 5.54 Å². The van der Waals surface area contributed by atoms with Crippen molar-refractivity contribution in [2.24, 2.45) is 0 Å². The van der Waals surface area contributed by atoms with Crippen LogP contribution in [0.4, 0.5) is 5.69 Å². The normalized spacial score (nSPS) is 16.2. The highest BCUT2D eigenvalue weighted by atomic mass is 32.2. The lowest BCUT2D eigenvalue weighted by Gasteiger charge is -2.26. The van der Waals surface area contributed by atoms with Crippen molar-refractivity contribution in [3.8, 4) is 0 Å². The Balaban J connectivity index is 1.61. The maximum absolute atomic E-state index is 13.0. The number of rotatable bonds is 5. The summed E-state index contributed by atoms with van der Waals surface area (Å²) in [5, 5.41) is 9.08. The molecule has 0 saturated carbocycles. The fourth-order valence-electron chi connectivity index (χ4n) is 4.07. The van der Waals surface area contributed by atoms with Crippen molar-refractivity contribution in [1.29, 1.82) is 0 Å². The van der Waals surface area contributed by atoms with Gasteiger partial charge >= 0.3 is 0 Å². The van der Waals surface area contributed by atoms with E-state index >= 15 is 0 Å². The van der Waals surface area contributed by atoms with E-state index in [2.05, 4.69) is 26.3 Å². The molecule has 3 N–H and O–H groups in total. The van der Waals surface area contributed by atoms with E-state index in [0.717, 1.165) is 44.2 Å². The number of nitrogens with zero attached hydrogens (tertiary/aromatic N) is 1. The number of hydrogen-bond donors (Lipinski definition) is 3. The molecular weight excluding hydrogens is 364 g/mol. The number of aromatic amines is 1. The lowest BCUT2D eigenvalue weighted by molar-refractivity contribution is -0.120. The van der Waals surface area contributed by atoms with Crippen LogP contribution in [0.25, 0.3) is 0 Å². The number of hydrogen-bond acceptors (Lipinski definition) is 4. The molecular formula is C19H24N4O3S. The van der Waals surface area contributed by atoms with Crippen LogP contribution in [0.15, 0.2) is 23.4 Å². The fourth-order valence-corrected chi connectivity index (χ4v) is 5.35. The van der Waals surface area contributed by atoms with Gasteiger partial charge in [0, 0.05) is 5.69 Å². The molecule has 8 heteroatoms. The summed E-state index contributed by atoms with van der Waals surface area (Å²) in [6.07, 6.45) is 7.55. The van der Waals surface area contributed by atoms with Gasteiger partial charge in [-0.2, -0.15) is 9.82 Å². The Bertz CT molecular complexity index is 962. The third kappa shape index (κ3) is 3.27. The van der Waals surface area contributed by atoms with Gasteiger partial charge in [0.15, 0.2) is 5.03 Å². The summed E-state index contributed by atoms with van der Waals surface area (Å²) < 4.78 is 27.4. The van der Waals surface area contributed by atoms with Crippen molar-refractivity contribution < 1.29 is 13.2 Å². The second-order valence-corrected chi connectivity index (χ2v) is 9.49. The quantitative estimate of drug-likeness (QED) is 0.729. The number of aromatic nitrogens is 2. The molecule has 144 valence electrons. The Morgan fingerprint density at radius 1 is 1.11 bits per heavy atom. The highest BCUT2D eigenvalue weighted by Gasteiger charge is 2.35. The van der Waals surface area contributed by atoms with Crippen molar-refractivity contribution in [3.05, 3.63) is 40.6 Å². The van der Waals surface area contributed by atoms with Crippen LogP contribution in [0.1, 0.15) is 48.9 Å². The van der Waals surface area contributed by atoms with E-state index in [9.17, 15) is 13.2 Å². The molecule has 0 radical (unpaired) electrons. The first-order valence-electron chi connectivity index (χ1n) is 9.29. The van der Waals surface area contributed by atoms with Crippen LogP contribution in [-0.4, -0.2) is 30.1 Å². The first-order valence-corrected chi connectivity index (χ1v) is 10.8. The summed E-state index contributed by atoms with van der Waals surface area (Å²) in [5.41, 5.74) is 4.68. The van der Waals surface area contributed by atoms with E-state index in [1.165, 1.54) is 34.5 Å². The van der Waals surface area contributed by atoms with Crippen molar-refractivity contribution in [2.75, 3.05) is 5.32 Å². The Hall–Kier alpha value is -2.19. The van der Waals surface area contributed by atoms with Crippen molar-refractivity contribution in [3.63, 3.8) is 0 Å². The van der Waals surface area contributed by atoms with Crippen LogP contribution in [-0.2, 0) is 40.5 Å². The SMILES string of the molecule is CC(C)(NS(=O)(=O)c1ccn[nH]1)C(=O)Nc1c2c(cc3c1CCC3)CCC2. The molecule has 2 aromatic rings. The zero-order chi connectivity index (χ0) is 19.2. The molecule has 4 rings (SSSR count). The lowest BCUT2D eigenvalue weighted by atomic mass is 9.97. The Kier molecular flexibility index (Phi) is 4.35. The summed E-state index contributed by atoms with van der Waals surface area (Å²) in [7, 11) is -3.86. The maximum atomic E-state index is 13.0. The van der Waals surface area contributed by atoms with E-state index in [1.54, 1.807) is 13.8 Å². The minimum Gasteiger partial charge on any atom is -0.324 e. The summed E-state index contributed by atoms with van der Waals surface area (Å²) >= 11 is 0. The number of benzene rings is 1. The zero-order valence-corrected chi connectivity index (χ0v) is 16.4. The molecule has 0 atom stereocenters. The van der Waals surface area contributed by atoms with Crippen LogP contribution >= 0.6 is 0 Å². The topological polar surface area (TPSA) is 104 Å². The Morgan fingerprint density at radius 2 is 1.74 bits per heavy atom.